The molecule has 2 rings (SSSR count). The summed E-state index contributed by atoms with van der Waals surface area (Å²) >= 11 is 6.10. The van der Waals surface area contributed by atoms with Crippen LogP contribution in [0.3, 0.4) is 0 Å². The predicted molar refractivity (Wildman–Crippen MR) is 82.5 cm³/mol. The topological polar surface area (TPSA) is 71.7 Å². The first-order chi connectivity index (χ1) is 9.72. The zero-order valence-electron chi connectivity index (χ0n) is 10.9. The Morgan fingerprint density at radius 3 is 2.60 bits per heavy atom. The van der Waals surface area contributed by atoms with E-state index in [1.807, 2.05) is 30.3 Å². The summed E-state index contributed by atoms with van der Waals surface area (Å²) in [6, 6.07) is 14.8. The summed E-state index contributed by atoms with van der Waals surface area (Å²) in [7, 11) is 1.58. The Morgan fingerprint density at radius 2 is 1.95 bits per heavy atom. The highest BCUT2D eigenvalue weighted by Crippen LogP contribution is 2.29. The van der Waals surface area contributed by atoms with E-state index in [9.17, 15) is 0 Å². The number of nitrogens with zero attached hydrogens (tertiary/aromatic N) is 1. The van der Waals surface area contributed by atoms with Crippen molar-refractivity contribution in [3.8, 4) is 5.75 Å². The van der Waals surface area contributed by atoms with E-state index in [0.29, 0.717) is 22.4 Å². The molecule has 2 aromatic rings. The standard InChI is InChI=1S/C14H15ClN4O/c1-20-11-7-8-12(15)13(9-11)18-14(19-16)17-10-5-3-2-4-6-10/h2-9H,16H2,1H3,(H2,17,18,19). The molecule has 0 saturated carbocycles. The van der Waals surface area contributed by atoms with Gasteiger partial charge in [0.25, 0.3) is 0 Å². The van der Waals surface area contributed by atoms with Gasteiger partial charge < -0.3 is 10.1 Å². The summed E-state index contributed by atoms with van der Waals surface area (Å²) in [5.74, 6) is 6.52. The minimum atomic E-state index is 0.381. The number of hydrazine groups is 1. The molecule has 0 aliphatic heterocycles. The van der Waals surface area contributed by atoms with Crippen LogP contribution in [0.1, 0.15) is 0 Å². The molecule has 104 valence electrons. The smallest absolute Gasteiger partial charge is 0.215 e. The number of ether oxygens (including phenoxy) is 1. The molecule has 5 nitrogen and oxygen atoms in total. The van der Waals surface area contributed by atoms with Crippen molar-refractivity contribution in [3.05, 3.63) is 53.6 Å². The van der Waals surface area contributed by atoms with Gasteiger partial charge in [0.1, 0.15) is 5.75 Å². The van der Waals surface area contributed by atoms with Gasteiger partial charge in [0.05, 0.1) is 17.8 Å². The molecule has 0 aromatic heterocycles. The lowest BCUT2D eigenvalue weighted by atomic mass is 10.3. The van der Waals surface area contributed by atoms with E-state index in [4.69, 9.17) is 22.2 Å². The van der Waals surface area contributed by atoms with Crippen molar-refractivity contribution in [3.63, 3.8) is 0 Å². The molecule has 4 N–H and O–H groups in total. The van der Waals surface area contributed by atoms with E-state index >= 15 is 0 Å². The minimum absolute atomic E-state index is 0.381. The van der Waals surface area contributed by atoms with Gasteiger partial charge in [0.2, 0.25) is 5.96 Å². The van der Waals surface area contributed by atoms with Crippen LogP contribution in [0.4, 0.5) is 11.4 Å². The molecule has 0 unspecified atom stereocenters. The highest BCUT2D eigenvalue weighted by atomic mass is 35.5. The number of guanidine groups is 1. The molecule has 0 spiro atoms. The summed E-state index contributed by atoms with van der Waals surface area (Å²) in [5, 5.41) is 3.56. The zero-order valence-corrected chi connectivity index (χ0v) is 11.7. The number of benzene rings is 2. The van der Waals surface area contributed by atoms with Crippen LogP contribution in [0.5, 0.6) is 5.75 Å². The van der Waals surface area contributed by atoms with E-state index in [1.165, 1.54) is 0 Å². The first kappa shape index (κ1) is 14.2. The van der Waals surface area contributed by atoms with Gasteiger partial charge in [-0.05, 0) is 24.3 Å². The third-order valence-corrected chi connectivity index (χ3v) is 2.88. The molecule has 0 saturated heterocycles. The number of methoxy groups -OCH3 is 1. The lowest BCUT2D eigenvalue weighted by Gasteiger charge is -2.10. The number of rotatable bonds is 3. The number of hydrogen-bond donors (Lipinski definition) is 3. The lowest BCUT2D eigenvalue weighted by Crippen LogP contribution is -2.35. The molecular weight excluding hydrogens is 276 g/mol. The van der Waals surface area contributed by atoms with Crippen molar-refractivity contribution in [2.75, 3.05) is 12.4 Å². The van der Waals surface area contributed by atoms with Crippen LogP contribution in [0.15, 0.2) is 53.5 Å². The predicted octanol–water partition coefficient (Wildman–Crippen LogP) is 2.91. The number of para-hydroxylation sites is 1. The number of hydrogen-bond acceptors (Lipinski definition) is 3. The first-order valence-electron chi connectivity index (χ1n) is 5.94. The number of nitrogens with two attached hydrogens (primary N) is 1. The number of anilines is 1. The second-order valence-corrected chi connectivity index (χ2v) is 4.32. The van der Waals surface area contributed by atoms with E-state index in [0.717, 1.165) is 5.69 Å². The second kappa shape index (κ2) is 6.79. The van der Waals surface area contributed by atoms with Gasteiger partial charge in [-0.2, -0.15) is 0 Å². The monoisotopic (exact) mass is 290 g/mol. The van der Waals surface area contributed by atoms with Gasteiger partial charge in [-0.25, -0.2) is 10.8 Å². The van der Waals surface area contributed by atoms with Crippen molar-refractivity contribution in [1.29, 1.82) is 0 Å². The van der Waals surface area contributed by atoms with Crippen LogP contribution < -0.4 is 21.3 Å². The maximum atomic E-state index is 6.10. The van der Waals surface area contributed by atoms with Crippen molar-refractivity contribution >= 4 is 28.9 Å². The average molecular weight is 291 g/mol. The van der Waals surface area contributed by atoms with E-state index < -0.39 is 0 Å². The van der Waals surface area contributed by atoms with Crippen LogP contribution in [-0.4, -0.2) is 13.1 Å². The van der Waals surface area contributed by atoms with Crippen LogP contribution >= 0.6 is 11.6 Å². The van der Waals surface area contributed by atoms with Crippen molar-refractivity contribution in [2.45, 2.75) is 0 Å². The molecule has 0 fully saturated rings. The minimum Gasteiger partial charge on any atom is -0.497 e. The van der Waals surface area contributed by atoms with Gasteiger partial charge in [-0.3, -0.25) is 5.43 Å². The number of halogens is 1. The maximum Gasteiger partial charge on any atom is 0.215 e. The summed E-state index contributed by atoms with van der Waals surface area (Å²) in [5.41, 5.74) is 3.93. The molecule has 0 aliphatic rings. The second-order valence-electron chi connectivity index (χ2n) is 3.91. The van der Waals surface area contributed by atoms with Crippen LogP contribution in [-0.2, 0) is 0 Å². The normalized spacial score (nSPS) is 11.1. The summed E-state index contributed by atoms with van der Waals surface area (Å²) in [6.45, 7) is 0. The third kappa shape index (κ3) is 3.63. The molecule has 2 aromatic carbocycles. The van der Waals surface area contributed by atoms with Crippen molar-refractivity contribution in [1.82, 2.24) is 5.43 Å². The van der Waals surface area contributed by atoms with Crippen molar-refractivity contribution in [2.24, 2.45) is 10.8 Å². The van der Waals surface area contributed by atoms with Crippen molar-refractivity contribution < 1.29 is 4.74 Å². The molecule has 6 heteroatoms. The van der Waals surface area contributed by atoms with Gasteiger partial charge >= 0.3 is 0 Å². The van der Waals surface area contributed by atoms with Gasteiger partial charge in [0.15, 0.2) is 0 Å². The third-order valence-electron chi connectivity index (χ3n) is 2.56. The molecule has 0 bridgehead atoms. The largest absolute Gasteiger partial charge is 0.497 e. The summed E-state index contributed by atoms with van der Waals surface area (Å²) < 4.78 is 5.14. The van der Waals surface area contributed by atoms with Gasteiger partial charge in [-0.15, -0.1) is 0 Å². The molecule has 0 aliphatic carbocycles. The number of nitrogens with one attached hydrogen (secondary N) is 2. The quantitative estimate of drug-likeness (QED) is 0.352. The zero-order chi connectivity index (χ0) is 14.4. The average Bonchev–Trinajstić information content (AvgIpc) is 2.49. The fraction of sp³-hybridized carbons (Fsp3) is 0.0714. The molecule has 20 heavy (non-hydrogen) atoms. The fourth-order valence-corrected chi connectivity index (χ4v) is 1.74. The Kier molecular flexibility index (Phi) is 4.81. The number of aliphatic imine (C=N–C) groups is 1. The SMILES string of the molecule is COc1ccc(Cl)c(N=C(NN)Nc2ccccc2)c1. The Bertz CT molecular complexity index is 601. The Morgan fingerprint density at radius 1 is 1.20 bits per heavy atom. The fourth-order valence-electron chi connectivity index (χ4n) is 1.58. The summed E-state index contributed by atoms with van der Waals surface area (Å²) in [4.78, 5) is 4.34. The van der Waals surface area contributed by atoms with E-state index in [1.54, 1.807) is 25.3 Å². The Labute approximate surface area is 122 Å². The highest BCUT2D eigenvalue weighted by Gasteiger charge is 2.04. The van der Waals surface area contributed by atoms with Crippen LogP contribution in [0, 0.1) is 0 Å². The van der Waals surface area contributed by atoms with E-state index in [2.05, 4.69) is 15.7 Å². The molecule has 0 radical (unpaired) electrons. The van der Waals surface area contributed by atoms with Gasteiger partial charge in [0, 0.05) is 11.8 Å². The molecule has 0 amide bonds. The van der Waals surface area contributed by atoms with Gasteiger partial charge in [-0.1, -0.05) is 29.8 Å². The van der Waals surface area contributed by atoms with E-state index in [-0.39, 0.29) is 0 Å². The molecule has 0 heterocycles. The lowest BCUT2D eigenvalue weighted by molar-refractivity contribution is 0.415. The highest BCUT2D eigenvalue weighted by molar-refractivity contribution is 6.33. The maximum absolute atomic E-state index is 6.10. The Hall–Kier alpha value is -2.24. The Balaban J connectivity index is 2.26. The van der Waals surface area contributed by atoms with Crippen LogP contribution in [0.2, 0.25) is 5.02 Å². The molecule has 0 atom stereocenters. The summed E-state index contributed by atoms with van der Waals surface area (Å²) in [6.07, 6.45) is 0. The molecular formula is C14H15ClN4O. The van der Waals surface area contributed by atoms with Crippen LogP contribution in [0.25, 0.3) is 0 Å². The first-order valence-corrected chi connectivity index (χ1v) is 6.31.